The van der Waals surface area contributed by atoms with Crippen molar-refractivity contribution >= 4 is 45.7 Å². The molecule has 0 N–H and O–H groups in total. The van der Waals surface area contributed by atoms with Crippen molar-refractivity contribution in [3.05, 3.63) is 30.3 Å². The SMILES string of the molecule is S=C=NC(=S)Sc1ccccc1. The summed E-state index contributed by atoms with van der Waals surface area (Å²) in [7, 11) is 0. The van der Waals surface area contributed by atoms with Gasteiger partial charge in [-0.2, -0.15) is 4.99 Å². The number of hydrogen-bond acceptors (Lipinski definition) is 3. The molecule has 0 bridgehead atoms. The zero-order valence-corrected chi connectivity index (χ0v) is 8.51. The van der Waals surface area contributed by atoms with Gasteiger partial charge in [-0.25, -0.2) is 0 Å². The first-order chi connectivity index (χ1) is 5.83. The van der Waals surface area contributed by atoms with E-state index in [4.69, 9.17) is 12.2 Å². The molecular weight excluding hydrogens is 206 g/mol. The third kappa shape index (κ3) is 3.24. The first-order valence-corrected chi connectivity index (χ1v) is 4.81. The molecule has 0 aromatic heterocycles. The van der Waals surface area contributed by atoms with E-state index >= 15 is 0 Å². The smallest absolute Gasteiger partial charge is 0.175 e. The Morgan fingerprint density at radius 1 is 1.33 bits per heavy atom. The van der Waals surface area contributed by atoms with Gasteiger partial charge in [-0.1, -0.05) is 30.0 Å². The molecule has 4 heteroatoms. The van der Waals surface area contributed by atoms with E-state index in [0.717, 1.165) is 4.90 Å². The van der Waals surface area contributed by atoms with Crippen LogP contribution in [0.4, 0.5) is 0 Å². The minimum Gasteiger partial charge on any atom is -0.175 e. The molecule has 60 valence electrons. The molecule has 0 aliphatic carbocycles. The van der Waals surface area contributed by atoms with Gasteiger partial charge in [0.25, 0.3) is 0 Å². The zero-order valence-electron chi connectivity index (χ0n) is 6.06. The third-order valence-electron chi connectivity index (χ3n) is 1.09. The van der Waals surface area contributed by atoms with E-state index in [0.29, 0.717) is 4.32 Å². The second-order valence-corrected chi connectivity index (χ2v) is 3.77. The number of thioether (sulfide) groups is 1. The molecule has 0 aliphatic rings. The Bertz CT molecular complexity index is 314. The van der Waals surface area contributed by atoms with Crippen LogP contribution in [-0.2, 0) is 0 Å². The van der Waals surface area contributed by atoms with Gasteiger partial charge in [-0.3, -0.25) is 0 Å². The van der Waals surface area contributed by atoms with Crippen LogP contribution in [0.15, 0.2) is 40.2 Å². The van der Waals surface area contributed by atoms with Crippen molar-refractivity contribution < 1.29 is 0 Å². The van der Waals surface area contributed by atoms with Crippen molar-refractivity contribution in [2.75, 3.05) is 0 Å². The lowest BCUT2D eigenvalue weighted by molar-refractivity contribution is 1.47. The Morgan fingerprint density at radius 3 is 2.58 bits per heavy atom. The van der Waals surface area contributed by atoms with Gasteiger partial charge >= 0.3 is 0 Å². The van der Waals surface area contributed by atoms with Crippen molar-refractivity contribution in [3.63, 3.8) is 0 Å². The maximum Gasteiger partial charge on any atom is 0.175 e. The van der Waals surface area contributed by atoms with Crippen LogP contribution in [0.1, 0.15) is 0 Å². The quantitative estimate of drug-likeness (QED) is 0.402. The van der Waals surface area contributed by atoms with E-state index in [2.05, 4.69) is 22.4 Å². The molecule has 0 spiro atoms. The molecule has 1 aromatic rings. The Morgan fingerprint density at radius 2 is 2.00 bits per heavy atom. The van der Waals surface area contributed by atoms with Gasteiger partial charge in [-0.05, 0) is 36.6 Å². The van der Waals surface area contributed by atoms with Crippen molar-refractivity contribution in [3.8, 4) is 0 Å². The van der Waals surface area contributed by atoms with E-state index in [-0.39, 0.29) is 0 Å². The number of thiocarbonyl (C=S) groups is 2. The second-order valence-electron chi connectivity index (χ2n) is 1.88. The first-order valence-electron chi connectivity index (χ1n) is 3.17. The maximum atomic E-state index is 4.90. The topological polar surface area (TPSA) is 12.4 Å². The van der Waals surface area contributed by atoms with Crippen molar-refractivity contribution in [1.29, 1.82) is 0 Å². The molecule has 0 amide bonds. The lowest BCUT2D eigenvalue weighted by Crippen LogP contribution is -1.79. The average Bonchev–Trinajstić information content (AvgIpc) is 2.06. The van der Waals surface area contributed by atoms with Crippen molar-refractivity contribution in [2.24, 2.45) is 4.99 Å². The summed E-state index contributed by atoms with van der Waals surface area (Å²) < 4.78 is 0.496. The molecule has 0 radical (unpaired) electrons. The van der Waals surface area contributed by atoms with Crippen molar-refractivity contribution in [2.45, 2.75) is 4.90 Å². The van der Waals surface area contributed by atoms with Crippen molar-refractivity contribution in [1.82, 2.24) is 0 Å². The fourth-order valence-corrected chi connectivity index (χ4v) is 1.78. The maximum absolute atomic E-state index is 4.90. The van der Waals surface area contributed by atoms with Crippen LogP contribution in [0.25, 0.3) is 0 Å². The molecule has 1 aromatic carbocycles. The summed E-state index contributed by atoms with van der Waals surface area (Å²) in [6, 6.07) is 9.79. The van der Waals surface area contributed by atoms with E-state index in [1.54, 1.807) is 0 Å². The Hall–Kier alpha value is -0.540. The summed E-state index contributed by atoms with van der Waals surface area (Å²) in [4.78, 5) is 4.75. The highest BCUT2D eigenvalue weighted by Gasteiger charge is 1.95. The van der Waals surface area contributed by atoms with E-state index in [1.165, 1.54) is 11.8 Å². The van der Waals surface area contributed by atoms with Crippen LogP contribution in [0.5, 0.6) is 0 Å². The Labute approximate surface area is 85.9 Å². The summed E-state index contributed by atoms with van der Waals surface area (Å²) in [5.74, 6) is 0. The predicted octanol–water partition coefficient (Wildman–Crippen LogP) is 3.17. The standard InChI is InChI=1S/C8H5NS3/c10-6-9-8(11)12-7-4-2-1-3-5-7/h1-5H. The van der Waals surface area contributed by atoms with Crippen LogP contribution < -0.4 is 0 Å². The molecular formula is C8H5NS3. The molecule has 0 unspecified atom stereocenters. The molecule has 1 nitrogen and oxygen atoms in total. The molecule has 0 saturated heterocycles. The van der Waals surface area contributed by atoms with Crippen LogP contribution >= 0.6 is 36.2 Å². The van der Waals surface area contributed by atoms with Gasteiger partial charge in [0.05, 0.1) is 5.16 Å². The minimum absolute atomic E-state index is 0.496. The molecule has 0 fully saturated rings. The monoisotopic (exact) mass is 211 g/mol. The van der Waals surface area contributed by atoms with E-state index < -0.39 is 0 Å². The fraction of sp³-hybridized carbons (Fsp3) is 0. The first kappa shape index (κ1) is 9.55. The number of hydrogen-bond donors (Lipinski definition) is 0. The molecule has 0 heterocycles. The minimum atomic E-state index is 0.496. The van der Waals surface area contributed by atoms with Crippen LogP contribution in [0, 0.1) is 0 Å². The van der Waals surface area contributed by atoms with Crippen LogP contribution in [0.3, 0.4) is 0 Å². The summed E-state index contributed by atoms with van der Waals surface area (Å²) in [6.07, 6.45) is 0. The number of rotatable bonds is 1. The summed E-state index contributed by atoms with van der Waals surface area (Å²) in [5, 5.41) is 2.23. The number of benzene rings is 1. The largest absolute Gasteiger partial charge is 0.175 e. The van der Waals surface area contributed by atoms with Gasteiger partial charge in [0.2, 0.25) is 0 Å². The average molecular weight is 211 g/mol. The lowest BCUT2D eigenvalue weighted by atomic mass is 10.4. The van der Waals surface area contributed by atoms with Gasteiger partial charge < -0.3 is 0 Å². The fourth-order valence-electron chi connectivity index (χ4n) is 0.649. The predicted molar refractivity (Wildman–Crippen MR) is 59.9 cm³/mol. The number of isothiocyanates is 1. The molecule has 0 aliphatic heterocycles. The Kier molecular flexibility index (Phi) is 4.11. The molecule has 0 saturated carbocycles. The molecule has 1 rings (SSSR count). The second kappa shape index (κ2) is 5.17. The van der Waals surface area contributed by atoms with Gasteiger partial charge in [0.1, 0.15) is 0 Å². The van der Waals surface area contributed by atoms with Gasteiger partial charge in [0.15, 0.2) is 4.32 Å². The van der Waals surface area contributed by atoms with Gasteiger partial charge in [0, 0.05) is 4.90 Å². The highest BCUT2D eigenvalue weighted by Crippen LogP contribution is 2.19. The Balaban J connectivity index is 2.64. The highest BCUT2D eigenvalue weighted by atomic mass is 32.2. The van der Waals surface area contributed by atoms with Crippen LogP contribution in [-0.4, -0.2) is 9.48 Å². The molecule has 0 atom stereocenters. The lowest BCUT2D eigenvalue weighted by Gasteiger charge is -1.94. The number of aliphatic imine (C=N–C) groups is 1. The number of nitrogens with zero attached hydrogens (tertiary/aromatic N) is 1. The van der Waals surface area contributed by atoms with Crippen LogP contribution in [0.2, 0.25) is 0 Å². The van der Waals surface area contributed by atoms with E-state index in [1.807, 2.05) is 30.3 Å². The third-order valence-corrected chi connectivity index (χ3v) is 2.29. The van der Waals surface area contributed by atoms with Gasteiger partial charge in [-0.15, -0.1) is 0 Å². The van der Waals surface area contributed by atoms with E-state index in [9.17, 15) is 0 Å². The summed E-state index contributed by atoms with van der Waals surface area (Å²) >= 11 is 10.7. The summed E-state index contributed by atoms with van der Waals surface area (Å²) in [5.41, 5.74) is 0. The highest BCUT2D eigenvalue weighted by molar-refractivity contribution is 8.23. The molecule has 12 heavy (non-hydrogen) atoms. The normalized spacial score (nSPS) is 8.67. The zero-order chi connectivity index (χ0) is 8.81. The summed E-state index contributed by atoms with van der Waals surface area (Å²) in [6.45, 7) is 0.